The second-order valence-electron chi connectivity index (χ2n) is 7.97. The number of amides is 2. The van der Waals surface area contributed by atoms with Gasteiger partial charge in [0, 0.05) is 12.1 Å². The Morgan fingerprint density at radius 2 is 1.81 bits per heavy atom. The molecule has 7 heteroatoms. The SMILES string of the molecule is CC(C)C[C@@H](NC(=O)c1cc(NC(=O)CC(C)(C)C)ccc1Cl)C(=O)O. The Labute approximate surface area is 159 Å². The summed E-state index contributed by atoms with van der Waals surface area (Å²) >= 11 is 6.08. The molecular weight excluding hydrogens is 356 g/mol. The summed E-state index contributed by atoms with van der Waals surface area (Å²) in [5, 5.41) is 14.7. The summed E-state index contributed by atoms with van der Waals surface area (Å²) < 4.78 is 0. The summed E-state index contributed by atoms with van der Waals surface area (Å²) in [4.78, 5) is 35.8. The molecule has 1 rings (SSSR count). The van der Waals surface area contributed by atoms with Gasteiger partial charge >= 0.3 is 5.97 Å². The topological polar surface area (TPSA) is 95.5 Å². The van der Waals surface area contributed by atoms with Crippen LogP contribution in [0.4, 0.5) is 5.69 Å². The molecular formula is C19H27ClN2O4. The van der Waals surface area contributed by atoms with Crippen molar-refractivity contribution in [3.63, 3.8) is 0 Å². The van der Waals surface area contributed by atoms with Crippen LogP contribution in [0, 0.1) is 11.3 Å². The fourth-order valence-corrected chi connectivity index (χ4v) is 2.60. The van der Waals surface area contributed by atoms with Crippen LogP contribution in [0.15, 0.2) is 18.2 Å². The third-order valence-corrected chi connectivity index (χ3v) is 3.83. The minimum absolute atomic E-state index is 0.106. The lowest BCUT2D eigenvalue weighted by molar-refractivity contribution is -0.139. The van der Waals surface area contributed by atoms with E-state index in [0.29, 0.717) is 18.5 Å². The van der Waals surface area contributed by atoms with Crippen molar-refractivity contribution in [2.24, 2.45) is 11.3 Å². The fourth-order valence-electron chi connectivity index (χ4n) is 2.39. The molecule has 1 aromatic rings. The number of hydrogen-bond donors (Lipinski definition) is 3. The Kier molecular flexibility index (Phi) is 7.63. The molecule has 0 aromatic heterocycles. The van der Waals surface area contributed by atoms with Crippen LogP contribution in [0.25, 0.3) is 0 Å². The van der Waals surface area contributed by atoms with Crippen molar-refractivity contribution < 1.29 is 19.5 Å². The summed E-state index contributed by atoms with van der Waals surface area (Å²) in [6.45, 7) is 9.61. The molecule has 0 fully saturated rings. The van der Waals surface area contributed by atoms with Crippen LogP contribution in [-0.4, -0.2) is 28.9 Å². The average molecular weight is 383 g/mol. The Morgan fingerprint density at radius 1 is 1.19 bits per heavy atom. The lowest BCUT2D eigenvalue weighted by Gasteiger charge is -2.18. The van der Waals surface area contributed by atoms with E-state index in [9.17, 15) is 19.5 Å². The Bertz CT molecular complexity index is 681. The molecule has 2 amide bonds. The number of carbonyl (C=O) groups excluding carboxylic acids is 2. The van der Waals surface area contributed by atoms with Gasteiger partial charge in [-0.3, -0.25) is 9.59 Å². The van der Waals surface area contributed by atoms with E-state index in [-0.39, 0.29) is 27.8 Å². The van der Waals surface area contributed by atoms with E-state index < -0.39 is 17.9 Å². The van der Waals surface area contributed by atoms with Crippen molar-refractivity contribution in [2.45, 2.75) is 53.5 Å². The summed E-state index contributed by atoms with van der Waals surface area (Å²) in [5.41, 5.74) is 0.391. The second-order valence-corrected chi connectivity index (χ2v) is 8.38. The van der Waals surface area contributed by atoms with Crippen LogP contribution in [0.2, 0.25) is 5.02 Å². The summed E-state index contributed by atoms with van der Waals surface area (Å²) in [7, 11) is 0. The van der Waals surface area contributed by atoms with Crippen LogP contribution in [0.5, 0.6) is 0 Å². The van der Waals surface area contributed by atoms with Crippen LogP contribution >= 0.6 is 11.6 Å². The number of benzene rings is 1. The molecule has 26 heavy (non-hydrogen) atoms. The van der Waals surface area contributed by atoms with Crippen molar-refractivity contribution in [3.8, 4) is 0 Å². The summed E-state index contributed by atoms with van der Waals surface area (Å²) in [5.74, 6) is -1.75. The van der Waals surface area contributed by atoms with E-state index in [0.717, 1.165) is 0 Å². The number of anilines is 1. The summed E-state index contributed by atoms with van der Waals surface area (Å²) in [6.07, 6.45) is 0.632. The summed E-state index contributed by atoms with van der Waals surface area (Å²) in [6, 6.07) is 3.55. The average Bonchev–Trinajstić information content (AvgIpc) is 2.45. The van der Waals surface area contributed by atoms with Gasteiger partial charge in [0.05, 0.1) is 10.6 Å². The van der Waals surface area contributed by atoms with E-state index in [1.807, 2.05) is 34.6 Å². The highest BCUT2D eigenvalue weighted by atomic mass is 35.5. The first-order chi connectivity index (χ1) is 11.9. The highest BCUT2D eigenvalue weighted by Crippen LogP contribution is 2.23. The van der Waals surface area contributed by atoms with Gasteiger partial charge in [0.25, 0.3) is 5.91 Å². The number of rotatable bonds is 7. The van der Waals surface area contributed by atoms with Crippen LogP contribution in [0.3, 0.4) is 0 Å². The monoisotopic (exact) mass is 382 g/mol. The fraction of sp³-hybridized carbons (Fsp3) is 0.526. The van der Waals surface area contributed by atoms with E-state index in [4.69, 9.17) is 11.6 Å². The molecule has 144 valence electrons. The third kappa shape index (κ3) is 7.44. The van der Waals surface area contributed by atoms with Crippen molar-refractivity contribution in [1.29, 1.82) is 0 Å². The molecule has 0 aliphatic carbocycles. The van der Waals surface area contributed by atoms with E-state index >= 15 is 0 Å². The van der Waals surface area contributed by atoms with E-state index in [1.54, 1.807) is 6.07 Å². The zero-order valence-electron chi connectivity index (χ0n) is 15.9. The Balaban J connectivity index is 2.93. The van der Waals surface area contributed by atoms with Crippen molar-refractivity contribution in [1.82, 2.24) is 5.32 Å². The van der Waals surface area contributed by atoms with Crippen LogP contribution in [-0.2, 0) is 9.59 Å². The number of carbonyl (C=O) groups is 3. The maximum Gasteiger partial charge on any atom is 0.326 e. The minimum Gasteiger partial charge on any atom is -0.480 e. The van der Waals surface area contributed by atoms with E-state index in [1.165, 1.54) is 12.1 Å². The van der Waals surface area contributed by atoms with Gasteiger partial charge in [0.2, 0.25) is 5.91 Å². The smallest absolute Gasteiger partial charge is 0.326 e. The largest absolute Gasteiger partial charge is 0.480 e. The predicted octanol–water partition coefficient (Wildman–Crippen LogP) is 3.94. The highest BCUT2D eigenvalue weighted by Gasteiger charge is 2.23. The zero-order chi connectivity index (χ0) is 20.1. The number of halogens is 1. The van der Waals surface area contributed by atoms with Gasteiger partial charge in [0.1, 0.15) is 6.04 Å². The molecule has 6 nitrogen and oxygen atoms in total. The molecule has 0 spiro atoms. The number of carboxylic acid groups (broad SMARTS) is 1. The first-order valence-electron chi connectivity index (χ1n) is 8.52. The van der Waals surface area contributed by atoms with Gasteiger partial charge in [-0.05, 0) is 36.0 Å². The molecule has 1 aromatic carbocycles. The van der Waals surface area contributed by atoms with Crippen molar-refractivity contribution in [3.05, 3.63) is 28.8 Å². The molecule has 0 bridgehead atoms. The first-order valence-corrected chi connectivity index (χ1v) is 8.90. The Morgan fingerprint density at radius 3 is 2.31 bits per heavy atom. The molecule has 0 radical (unpaired) electrons. The molecule has 1 atom stereocenters. The Hall–Kier alpha value is -2.08. The molecule has 0 unspecified atom stereocenters. The quantitative estimate of drug-likeness (QED) is 0.665. The number of carboxylic acids is 1. The number of hydrogen-bond acceptors (Lipinski definition) is 3. The van der Waals surface area contributed by atoms with Gasteiger partial charge in [-0.15, -0.1) is 0 Å². The number of nitrogens with one attached hydrogen (secondary N) is 2. The van der Waals surface area contributed by atoms with E-state index in [2.05, 4.69) is 10.6 Å². The lowest BCUT2D eigenvalue weighted by Crippen LogP contribution is -2.41. The molecule has 0 saturated carbocycles. The van der Waals surface area contributed by atoms with Crippen LogP contribution < -0.4 is 10.6 Å². The van der Waals surface area contributed by atoms with Gasteiger partial charge in [0.15, 0.2) is 0 Å². The van der Waals surface area contributed by atoms with Gasteiger partial charge in [-0.1, -0.05) is 46.2 Å². The van der Waals surface area contributed by atoms with Crippen LogP contribution in [0.1, 0.15) is 57.8 Å². The normalized spacial score (nSPS) is 12.6. The molecule has 0 aliphatic rings. The molecule has 3 N–H and O–H groups in total. The number of aliphatic carboxylic acids is 1. The maximum absolute atomic E-state index is 12.5. The first kappa shape index (κ1) is 22.0. The van der Waals surface area contributed by atoms with Gasteiger partial charge in [-0.25, -0.2) is 4.79 Å². The molecule has 0 saturated heterocycles. The molecule has 0 heterocycles. The standard InChI is InChI=1S/C19H27ClN2O4/c1-11(2)8-15(18(25)26)22-17(24)13-9-12(6-7-14(13)20)21-16(23)10-19(3,4)5/h6-7,9,11,15H,8,10H2,1-5H3,(H,21,23)(H,22,24)(H,25,26)/t15-/m1/s1. The van der Waals surface area contributed by atoms with Gasteiger partial charge < -0.3 is 15.7 Å². The maximum atomic E-state index is 12.5. The van der Waals surface area contributed by atoms with Crippen molar-refractivity contribution in [2.75, 3.05) is 5.32 Å². The van der Waals surface area contributed by atoms with Crippen molar-refractivity contribution >= 4 is 35.1 Å². The second kappa shape index (κ2) is 9.03. The minimum atomic E-state index is -1.10. The zero-order valence-corrected chi connectivity index (χ0v) is 16.6. The van der Waals surface area contributed by atoms with Gasteiger partial charge in [-0.2, -0.15) is 0 Å². The lowest BCUT2D eigenvalue weighted by atomic mass is 9.92. The highest BCUT2D eigenvalue weighted by molar-refractivity contribution is 6.34. The predicted molar refractivity (Wildman–Crippen MR) is 102 cm³/mol. The third-order valence-electron chi connectivity index (χ3n) is 3.50. The molecule has 0 aliphatic heterocycles.